The fourth-order valence-electron chi connectivity index (χ4n) is 3.86. The van der Waals surface area contributed by atoms with Crippen LogP contribution >= 0.6 is 0 Å². The van der Waals surface area contributed by atoms with Gasteiger partial charge in [0, 0.05) is 18.7 Å². The lowest BCUT2D eigenvalue weighted by molar-refractivity contribution is 0.0934. The molecule has 1 amide bonds. The number of amides is 1. The summed E-state index contributed by atoms with van der Waals surface area (Å²) in [4.78, 5) is 13.2. The Bertz CT molecular complexity index is 1030. The Hall–Kier alpha value is -2.38. The molecule has 0 spiro atoms. The third-order valence-electron chi connectivity index (χ3n) is 5.69. The summed E-state index contributed by atoms with van der Waals surface area (Å²) in [6.07, 6.45) is 2.46. The Morgan fingerprint density at radius 3 is 2.40 bits per heavy atom. The second-order valence-corrected chi connectivity index (χ2v) is 9.69. The first-order valence-corrected chi connectivity index (χ1v) is 11.8. The van der Waals surface area contributed by atoms with Gasteiger partial charge in [0.2, 0.25) is 10.0 Å². The summed E-state index contributed by atoms with van der Waals surface area (Å²) in [6.45, 7) is 6.86. The molecular weight excluding hydrogens is 400 g/mol. The summed E-state index contributed by atoms with van der Waals surface area (Å²) in [5.41, 5.74) is 3.12. The number of carbonyl (C=O) groups excluding carboxylic acids is 1. The van der Waals surface area contributed by atoms with Gasteiger partial charge in [-0.25, -0.2) is 8.42 Å². The molecule has 1 N–H and O–H groups in total. The first kappa shape index (κ1) is 22.3. The predicted octanol–water partition coefficient (Wildman–Crippen LogP) is 3.98. The monoisotopic (exact) mass is 430 g/mol. The van der Waals surface area contributed by atoms with Crippen LogP contribution in [0.4, 0.5) is 0 Å². The Labute approximate surface area is 179 Å². The summed E-state index contributed by atoms with van der Waals surface area (Å²) < 4.78 is 32.6. The van der Waals surface area contributed by atoms with E-state index in [0.717, 1.165) is 35.3 Å². The number of hydrogen-bond acceptors (Lipinski definition) is 4. The molecule has 1 atom stereocenters. The highest BCUT2D eigenvalue weighted by Crippen LogP contribution is 2.26. The summed E-state index contributed by atoms with van der Waals surface area (Å²) >= 11 is 0. The highest BCUT2D eigenvalue weighted by molar-refractivity contribution is 7.89. The van der Waals surface area contributed by atoms with E-state index in [1.165, 1.54) is 10.4 Å². The van der Waals surface area contributed by atoms with Gasteiger partial charge in [-0.15, -0.1) is 0 Å². The van der Waals surface area contributed by atoms with Crippen LogP contribution in [0.1, 0.15) is 59.3 Å². The summed E-state index contributed by atoms with van der Waals surface area (Å²) in [5, 5.41) is 3.06. The zero-order valence-corrected chi connectivity index (χ0v) is 18.9. The SMILES string of the molecule is CC[C@H](NC(=O)c1cc(S(=O)(=O)N2CCCC2)ccc1C)c1ccc(OC)c(C)c1. The second kappa shape index (κ2) is 9.18. The molecule has 0 aliphatic carbocycles. The molecule has 2 aromatic rings. The number of benzene rings is 2. The predicted molar refractivity (Wildman–Crippen MR) is 117 cm³/mol. The molecule has 2 aromatic carbocycles. The van der Waals surface area contributed by atoms with Crippen LogP contribution in [0, 0.1) is 13.8 Å². The highest BCUT2D eigenvalue weighted by atomic mass is 32.2. The molecular formula is C23H30N2O4S. The van der Waals surface area contributed by atoms with Crippen LogP contribution in [-0.2, 0) is 10.0 Å². The number of methoxy groups -OCH3 is 1. The average Bonchev–Trinajstić information content (AvgIpc) is 3.27. The van der Waals surface area contributed by atoms with Gasteiger partial charge in [-0.05, 0) is 68.0 Å². The Balaban J connectivity index is 1.86. The van der Waals surface area contributed by atoms with Crippen molar-refractivity contribution in [2.75, 3.05) is 20.2 Å². The summed E-state index contributed by atoms with van der Waals surface area (Å²) in [5.74, 6) is 0.530. The number of nitrogens with zero attached hydrogens (tertiary/aromatic N) is 1. The van der Waals surface area contributed by atoms with Gasteiger partial charge in [0.15, 0.2) is 0 Å². The molecule has 0 aromatic heterocycles. The average molecular weight is 431 g/mol. The van der Waals surface area contributed by atoms with E-state index in [0.29, 0.717) is 25.1 Å². The Morgan fingerprint density at radius 1 is 1.10 bits per heavy atom. The smallest absolute Gasteiger partial charge is 0.252 e. The molecule has 0 unspecified atom stereocenters. The zero-order chi connectivity index (χ0) is 21.9. The minimum atomic E-state index is -3.57. The van der Waals surface area contributed by atoms with Crippen molar-refractivity contribution in [1.82, 2.24) is 9.62 Å². The molecule has 7 heteroatoms. The molecule has 30 heavy (non-hydrogen) atoms. The van der Waals surface area contributed by atoms with Crippen molar-refractivity contribution < 1.29 is 17.9 Å². The van der Waals surface area contributed by atoms with E-state index >= 15 is 0 Å². The molecule has 0 radical (unpaired) electrons. The molecule has 6 nitrogen and oxygen atoms in total. The van der Waals surface area contributed by atoms with E-state index in [1.54, 1.807) is 19.2 Å². The van der Waals surface area contributed by atoms with Crippen molar-refractivity contribution in [3.05, 3.63) is 58.7 Å². The highest BCUT2D eigenvalue weighted by Gasteiger charge is 2.28. The van der Waals surface area contributed by atoms with E-state index in [2.05, 4.69) is 5.32 Å². The van der Waals surface area contributed by atoms with Gasteiger partial charge in [0.05, 0.1) is 18.0 Å². The first-order valence-electron chi connectivity index (χ1n) is 10.3. The fraction of sp³-hybridized carbons (Fsp3) is 0.435. The minimum absolute atomic E-state index is 0.175. The molecule has 1 heterocycles. The van der Waals surface area contributed by atoms with Gasteiger partial charge < -0.3 is 10.1 Å². The van der Waals surface area contributed by atoms with E-state index in [9.17, 15) is 13.2 Å². The molecule has 0 bridgehead atoms. The maximum absolute atomic E-state index is 13.1. The number of rotatable bonds is 7. The largest absolute Gasteiger partial charge is 0.496 e. The third-order valence-corrected chi connectivity index (χ3v) is 7.59. The van der Waals surface area contributed by atoms with Crippen molar-refractivity contribution >= 4 is 15.9 Å². The van der Waals surface area contributed by atoms with Gasteiger partial charge in [-0.1, -0.05) is 25.1 Å². The van der Waals surface area contributed by atoms with Gasteiger partial charge in [-0.3, -0.25) is 4.79 Å². The van der Waals surface area contributed by atoms with Crippen LogP contribution in [0.2, 0.25) is 0 Å². The third kappa shape index (κ3) is 4.52. The van der Waals surface area contributed by atoms with Crippen LogP contribution < -0.4 is 10.1 Å². The van der Waals surface area contributed by atoms with Crippen molar-refractivity contribution in [3.8, 4) is 5.75 Å². The standard InChI is InChI=1S/C23H30N2O4S/c1-5-21(18-9-11-22(29-4)17(3)14-18)24-23(26)20-15-19(10-8-16(20)2)30(27,28)25-12-6-7-13-25/h8-11,14-15,21H,5-7,12-13H2,1-4H3,(H,24,26)/t21-/m0/s1. The van der Waals surface area contributed by atoms with Gasteiger partial charge in [0.1, 0.15) is 5.75 Å². The lowest BCUT2D eigenvalue weighted by Crippen LogP contribution is -2.30. The fourth-order valence-corrected chi connectivity index (χ4v) is 5.40. The van der Waals surface area contributed by atoms with Crippen molar-refractivity contribution in [1.29, 1.82) is 0 Å². The maximum Gasteiger partial charge on any atom is 0.252 e. The van der Waals surface area contributed by atoms with Crippen molar-refractivity contribution in [3.63, 3.8) is 0 Å². The molecule has 0 saturated carbocycles. The molecule has 1 aliphatic heterocycles. The first-order chi connectivity index (χ1) is 14.3. The molecule has 3 rings (SSSR count). The van der Waals surface area contributed by atoms with E-state index in [4.69, 9.17) is 4.74 Å². The van der Waals surface area contributed by atoms with Crippen LogP contribution in [0.3, 0.4) is 0 Å². The normalized spacial score (nSPS) is 15.7. The number of ether oxygens (including phenoxy) is 1. The lowest BCUT2D eigenvalue weighted by Gasteiger charge is -2.20. The van der Waals surface area contributed by atoms with Crippen molar-refractivity contribution in [2.24, 2.45) is 0 Å². The number of aryl methyl sites for hydroxylation is 2. The lowest BCUT2D eigenvalue weighted by atomic mass is 10.0. The van der Waals surface area contributed by atoms with E-state index in [-0.39, 0.29) is 16.8 Å². The molecule has 1 saturated heterocycles. The van der Waals surface area contributed by atoms with Gasteiger partial charge in [-0.2, -0.15) is 4.31 Å². The summed E-state index contributed by atoms with van der Waals surface area (Å²) in [6, 6.07) is 10.5. The topological polar surface area (TPSA) is 75.7 Å². The second-order valence-electron chi connectivity index (χ2n) is 7.75. The minimum Gasteiger partial charge on any atom is -0.496 e. The van der Waals surface area contributed by atoms with Gasteiger partial charge >= 0.3 is 0 Å². The molecule has 162 valence electrons. The van der Waals surface area contributed by atoms with Crippen LogP contribution in [-0.4, -0.2) is 38.8 Å². The van der Waals surface area contributed by atoms with Crippen molar-refractivity contribution in [2.45, 2.75) is 51.0 Å². The molecule has 1 fully saturated rings. The quantitative estimate of drug-likeness (QED) is 0.721. The maximum atomic E-state index is 13.1. The van der Waals surface area contributed by atoms with Crippen LogP contribution in [0.25, 0.3) is 0 Å². The number of carbonyl (C=O) groups is 1. The van der Waals surface area contributed by atoms with Crippen LogP contribution in [0.5, 0.6) is 5.75 Å². The Kier molecular flexibility index (Phi) is 6.83. The zero-order valence-electron chi connectivity index (χ0n) is 18.1. The van der Waals surface area contributed by atoms with Gasteiger partial charge in [0.25, 0.3) is 5.91 Å². The Morgan fingerprint density at radius 2 is 1.80 bits per heavy atom. The number of hydrogen-bond donors (Lipinski definition) is 1. The van der Waals surface area contributed by atoms with Crippen LogP contribution in [0.15, 0.2) is 41.3 Å². The number of sulfonamides is 1. The number of nitrogens with one attached hydrogen (secondary N) is 1. The van der Waals surface area contributed by atoms with E-state index in [1.807, 2.05) is 39.0 Å². The van der Waals surface area contributed by atoms with E-state index < -0.39 is 10.0 Å². The molecule has 1 aliphatic rings. The summed E-state index contributed by atoms with van der Waals surface area (Å²) in [7, 11) is -1.94.